The second-order valence-electron chi connectivity index (χ2n) is 11.5. The Kier molecular flexibility index (Phi) is 10.4. The molecule has 0 radical (unpaired) electrons. The van der Waals surface area contributed by atoms with Crippen LogP contribution in [-0.2, 0) is 27.0 Å². The Labute approximate surface area is 229 Å². The molecule has 8 heteroatoms. The van der Waals surface area contributed by atoms with Crippen LogP contribution in [0.3, 0.4) is 0 Å². The van der Waals surface area contributed by atoms with Crippen molar-refractivity contribution >= 4 is 11.9 Å². The minimum Gasteiger partial charge on any atom is -0.478 e. The van der Waals surface area contributed by atoms with Gasteiger partial charge in [-0.3, -0.25) is 4.79 Å². The Morgan fingerprint density at radius 1 is 1.05 bits per heavy atom. The molecule has 1 aliphatic rings. The SMILES string of the molecule is CC(C)(C)c1cccc(C2(NCC(O)C(Cc3cc(F)cc(F)c3)NC(=O)C/C=C/C(=O)O)CCCCC2)c1. The zero-order valence-electron chi connectivity index (χ0n) is 23.0. The molecular formula is C31H40F2N2O4. The van der Waals surface area contributed by atoms with Gasteiger partial charge in [0.15, 0.2) is 0 Å². The fraction of sp³-hybridized carbons (Fsp3) is 0.484. The Hall–Kier alpha value is -3.10. The molecule has 1 fully saturated rings. The summed E-state index contributed by atoms with van der Waals surface area (Å²) < 4.78 is 27.7. The number of carbonyl (C=O) groups is 2. The van der Waals surface area contributed by atoms with E-state index in [0.717, 1.165) is 49.8 Å². The quantitative estimate of drug-likeness (QED) is 0.295. The number of aliphatic hydroxyl groups is 1. The predicted molar refractivity (Wildman–Crippen MR) is 147 cm³/mol. The Morgan fingerprint density at radius 2 is 1.72 bits per heavy atom. The third-order valence-corrected chi connectivity index (χ3v) is 7.39. The van der Waals surface area contributed by atoms with E-state index < -0.39 is 35.7 Å². The monoisotopic (exact) mass is 542 g/mol. The zero-order valence-corrected chi connectivity index (χ0v) is 23.0. The standard InChI is InChI=1S/C31H40F2N2O4/c1-30(2,3)22-9-7-10-23(18-22)31(13-5-4-6-14-31)34-20-27(36)26(35-28(37)11-8-12-29(38)39)17-21-15-24(32)19-25(33)16-21/h7-10,12,15-16,18-19,26-27,34,36H,4-6,11,13-14,17,20H2,1-3H3,(H,35,37)(H,38,39)/b12-8+. The van der Waals surface area contributed by atoms with E-state index in [1.54, 1.807) is 0 Å². The summed E-state index contributed by atoms with van der Waals surface area (Å²) >= 11 is 0. The number of rotatable bonds is 11. The maximum absolute atomic E-state index is 13.9. The highest BCUT2D eigenvalue weighted by atomic mass is 19.1. The molecule has 39 heavy (non-hydrogen) atoms. The molecule has 6 nitrogen and oxygen atoms in total. The van der Waals surface area contributed by atoms with Gasteiger partial charge >= 0.3 is 5.97 Å². The van der Waals surface area contributed by atoms with Crippen LogP contribution in [0.5, 0.6) is 0 Å². The molecule has 0 aliphatic heterocycles. The first-order chi connectivity index (χ1) is 18.4. The van der Waals surface area contributed by atoms with E-state index in [0.29, 0.717) is 5.56 Å². The van der Waals surface area contributed by atoms with Gasteiger partial charge in [0.2, 0.25) is 5.91 Å². The van der Waals surface area contributed by atoms with Crippen LogP contribution in [-0.4, -0.2) is 40.8 Å². The molecule has 2 aromatic rings. The van der Waals surface area contributed by atoms with Crippen LogP contribution < -0.4 is 10.6 Å². The van der Waals surface area contributed by atoms with E-state index in [9.17, 15) is 23.5 Å². The number of benzene rings is 2. The summed E-state index contributed by atoms with van der Waals surface area (Å²) in [5, 5.41) is 26.4. The van der Waals surface area contributed by atoms with Gasteiger partial charge in [0, 0.05) is 30.6 Å². The number of carboxylic acids is 1. The summed E-state index contributed by atoms with van der Waals surface area (Å²) in [4.78, 5) is 23.3. The number of carboxylic acid groups (broad SMARTS) is 1. The summed E-state index contributed by atoms with van der Waals surface area (Å²) in [6, 6.07) is 10.8. The van der Waals surface area contributed by atoms with Crippen LogP contribution in [0.1, 0.15) is 76.0 Å². The summed E-state index contributed by atoms with van der Waals surface area (Å²) in [5.74, 6) is -3.16. The Balaban J connectivity index is 1.82. The molecule has 0 heterocycles. The molecule has 0 spiro atoms. The number of aliphatic hydroxyl groups excluding tert-OH is 1. The first-order valence-corrected chi connectivity index (χ1v) is 13.6. The topological polar surface area (TPSA) is 98.7 Å². The van der Waals surface area contributed by atoms with Crippen molar-refractivity contribution in [2.24, 2.45) is 0 Å². The Bertz CT molecular complexity index is 1150. The lowest BCUT2D eigenvalue weighted by molar-refractivity contribution is -0.131. The Morgan fingerprint density at radius 3 is 2.33 bits per heavy atom. The molecule has 1 saturated carbocycles. The largest absolute Gasteiger partial charge is 0.478 e. The second kappa shape index (κ2) is 13.3. The van der Waals surface area contributed by atoms with Gasteiger partial charge in [-0.15, -0.1) is 0 Å². The molecule has 212 valence electrons. The molecule has 1 amide bonds. The van der Waals surface area contributed by atoms with Gasteiger partial charge in [-0.05, 0) is 53.5 Å². The number of aliphatic carboxylic acids is 1. The molecular weight excluding hydrogens is 502 g/mol. The fourth-order valence-electron chi connectivity index (χ4n) is 5.25. The highest BCUT2D eigenvalue weighted by Crippen LogP contribution is 2.38. The molecule has 1 aliphatic carbocycles. The lowest BCUT2D eigenvalue weighted by Gasteiger charge is -2.41. The van der Waals surface area contributed by atoms with Crippen LogP contribution in [0.4, 0.5) is 8.78 Å². The zero-order chi connectivity index (χ0) is 28.6. The molecule has 3 rings (SSSR count). The van der Waals surface area contributed by atoms with E-state index in [1.807, 2.05) is 0 Å². The first kappa shape index (κ1) is 30.4. The molecule has 0 saturated heterocycles. The summed E-state index contributed by atoms with van der Waals surface area (Å²) in [6.07, 6.45) is 5.82. The second-order valence-corrected chi connectivity index (χ2v) is 11.5. The normalized spacial score (nSPS) is 17.1. The van der Waals surface area contributed by atoms with Crippen molar-refractivity contribution < 1.29 is 28.6 Å². The molecule has 0 bridgehead atoms. The molecule has 0 aromatic heterocycles. The average molecular weight is 543 g/mol. The molecule has 2 atom stereocenters. The molecule has 2 unspecified atom stereocenters. The van der Waals surface area contributed by atoms with Crippen molar-refractivity contribution in [3.63, 3.8) is 0 Å². The van der Waals surface area contributed by atoms with Crippen molar-refractivity contribution in [1.29, 1.82) is 0 Å². The number of amides is 1. The van der Waals surface area contributed by atoms with E-state index in [-0.39, 0.29) is 30.3 Å². The third-order valence-electron chi connectivity index (χ3n) is 7.39. The fourth-order valence-corrected chi connectivity index (χ4v) is 5.25. The smallest absolute Gasteiger partial charge is 0.327 e. The van der Waals surface area contributed by atoms with Crippen LogP contribution in [0.25, 0.3) is 0 Å². The van der Waals surface area contributed by atoms with E-state index in [2.05, 4.69) is 55.7 Å². The minimum absolute atomic E-state index is 0.00157. The average Bonchev–Trinajstić information content (AvgIpc) is 2.86. The van der Waals surface area contributed by atoms with Gasteiger partial charge in [-0.1, -0.05) is 70.4 Å². The van der Waals surface area contributed by atoms with Gasteiger partial charge in [0.05, 0.1) is 12.1 Å². The molecule has 4 N–H and O–H groups in total. The van der Waals surface area contributed by atoms with Gasteiger partial charge in [-0.25, -0.2) is 13.6 Å². The van der Waals surface area contributed by atoms with E-state index in [4.69, 9.17) is 5.11 Å². The van der Waals surface area contributed by atoms with Crippen LogP contribution in [0.2, 0.25) is 0 Å². The first-order valence-electron chi connectivity index (χ1n) is 13.6. The van der Waals surface area contributed by atoms with E-state index in [1.165, 1.54) is 23.8 Å². The van der Waals surface area contributed by atoms with Crippen molar-refractivity contribution in [3.05, 3.63) is 82.9 Å². The van der Waals surface area contributed by atoms with Crippen LogP contribution in [0, 0.1) is 11.6 Å². The van der Waals surface area contributed by atoms with Crippen molar-refractivity contribution in [1.82, 2.24) is 10.6 Å². The van der Waals surface area contributed by atoms with Gasteiger partial charge in [0.1, 0.15) is 11.6 Å². The van der Waals surface area contributed by atoms with Gasteiger partial charge < -0.3 is 20.8 Å². The summed E-state index contributed by atoms with van der Waals surface area (Å²) in [7, 11) is 0. The summed E-state index contributed by atoms with van der Waals surface area (Å²) in [5.41, 5.74) is 2.32. The maximum Gasteiger partial charge on any atom is 0.327 e. The predicted octanol–water partition coefficient (Wildman–Crippen LogP) is 5.13. The van der Waals surface area contributed by atoms with Crippen molar-refractivity contribution in [2.75, 3.05) is 6.54 Å². The van der Waals surface area contributed by atoms with Crippen molar-refractivity contribution in [2.45, 2.75) is 88.8 Å². The molecule has 2 aromatic carbocycles. The third kappa shape index (κ3) is 8.97. The van der Waals surface area contributed by atoms with Crippen molar-refractivity contribution in [3.8, 4) is 0 Å². The number of hydrogen-bond acceptors (Lipinski definition) is 4. The lowest BCUT2D eigenvalue weighted by atomic mass is 9.74. The highest BCUT2D eigenvalue weighted by Gasteiger charge is 2.35. The minimum atomic E-state index is -1.17. The maximum atomic E-state index is 13.9. The van der Waals surface area contributed by atoms with E-state index >= 15 is 0 Å². The number of carbonyl (C=O) groups excluding carboxylic acids is 1. The number of hydrogen-bond donors (Lipinski definition) is 4. The van der Waals surface area contributed by atoms with Gasteiger partial charge in [-0.2, -0.15) is 0 Å². The van der Waals surface area contributed by atoms with Crippen LogP contribution >= 0.6 is 0 Å². The highest BCUT2D eigenvalue weighted by molar-refractivity contribution is 5.82. The summed E-state index contributed by atoms with van der Waals surface area (Å²) in [6.45, 7) is 6.66. The van der Waals surface area contributed by atoms with Gasteiger partial charge in [0.25, 0.3) is 0 Å². The van der Waals surface area contributed by atoms with Crippen LogP contribution in [0.15, 0.2) is 54.6 Å². The number of halogens is 2. The number of nitrogens with one attached hydrogen (secondary N) is 2. The lowest BCUT2D eigenvalue weighted by Crippen LogP contribution is -2.53.